The Kier molecular flexibility index (Phi) is 5.64. The monoisotopic (exact) mass is 363 g/mol. The van der Waals surface area contributed by atoms with Gasteiger partial charge in [0.05, 0.1) is 18.3 Å². The molecule has 0 aromatic rings. The molecule has 0 saturated heterocycles. The maximum Gasteiger partial charge on any atom is 0.303 e. The third kappa shape index (κ3) is 8.66. The van der Waals surface area contributed by atoms with Crippen LogP contribution in [-0.4, -0.2) is 44.7 Å². The number of aliphatic hydroxyl groups excluding tert-OH is 3. The maximum absolute atomic E-state index is 10.5. The first-order valence-electron chi connectivity index (χ1n) is 12.9. The van der Waals surface area contributed by atoms with E-state index in [9.17, 15) is 20.1 Å². The van der Waals surface area contributed by atoms with Gasteiger partial charge in [0.1, 0.15) is 0 Å². The van der Waals surface area contributed by atoms with Crippen LogP contribution in [0.4, 0.5) is 0 Å². The third-order valence-corrected chi connectivity index (χ3v) is 4.27. The van der Waals surface area contributed by atoms with Gasteiger partial charge in [-0.3, -0.25) is 4.79 Å². The minimum Gasteiger partial charge on any atom is -0.481 e. The highest BCUT2D eigenvalue weighted by atomic mass is 16.4. The minimum absolute atomic E-state index is 0.0394. The summed E-state index contributed by atoms with van der Waals surface area (Å²) in [5, 5.41) is 39.4. The molecule has 0 unspecified atom stereocenters. The molecule has 5 heteroatoms. The van der Waals surface area contributed by atoms with Crippen molar-refractivity contribution in [2.24, 2.45) is 11.8 Å². The molecule has 4 N–H and O–H groups in total. The predicted octanol–water partition coefficient (Wildman–Crippen LogP) is 3.04. The molecular weight excluding hydrogens is 320 g/mol. The van der Waals surface area contributed by atoms with Crippen LogP contribution in [0.5, 0.6) is 0 Å². The van der Waals surface area contributed by atoms with Crippen molar-refractivity contribution >= 4 is 5.97 Å². The Morgan fingerprint density at radius 3 is 2.84 bits per heavy atom. The fourth-order valence-electron chi connectivity index (χ4n) is 2.97. The van der Waals surface area contributed by atoms with Crippen molar-refractivity contribution in [1.82, 2.24) is 0 Å². The van der Waals surface area contributed by atoms with Gasteiger partial charge in [-0.05, 0) is 31.6 Å². The van der Waals surface area contributed by atoms with Crippen LogP contribution in [0.15, 0.2) is 24.3 Å². The summed E-state index contributed by atoms with van der Waals surface area (Å²) in [5.74, 6) is -1.90. The normalized spacial score (nSPS) is 35.7. The smallest absolute Gasteiger partial charge is 0.303 e. The van der Waals surface area contributed by atoms with E-state index in [0.29, 0.717) is 19.3 Å². The van der Waals surface area contributed by atoms with Crippen LogP contribution in [-0.2, 0) is 4.79 Å². The summed E-state index contributed by atoms with van der Waals surface area (Å²) < 4.78 is 68.4. The van der Waals surface area contributed by atoms with Gasteiger partial charge in [-0.2, -0.15) is 0 Å². The van der Waals surface area contributed by atoms with E-state index in [-0.39, 0.29) is 12.8 Å². The number of hydrogen-bond acceptors (Lipinski definition) is 4. The average molecular weight is 364 g/mol. The molecule has 1 saturated carbocycles. The molecule has 0 aromatic heterocycles. The molecule has 5 atom stereocenters. The van der Waals surface area contributed by atoms with Crippen LogP contribution in [0.25, 0.3) is 0 Å². The SMILES string of the molecule is [2H]C([2H])([2H])C([2H])([2H])C([2H])([2H])C([2H])([2H])C[C@@H](O)/C=C/[C@H]1[C@@H](C/C=C\CCCC(=O)O)[C@H](O)C[C@@H]1O. The Bertz CT molecular complexity index is 736. The first-order chi connectivity index (χ1) is 15.3. The number of carbonyl (C=O) groups is 1. The van der Waals surface area contributed by atoms with Crippen molar-refractivity contribution < 1.29 is 37.6 Å². The van der Waals surface area contributed by atoms with Crippen LogP contribution >= 0.6 is 0 Å². The van der Waals surface area contributed by atoms with Crippen molar-refractivity contribution in [2.45, 2.75) is 82.8 Å². The van der Waals surface area contributed by atoms with E-state index in [1.54, 1.807) is 12.2 Å². The van der Waals surface area contributed by atoms with E-state index in [4.69, 9.17) is 17.4 Å². The molecule has 0 radical (unpaired) electrons. The molecule has 0 amide bonds. The largest absolute Gasteiger partial charge is 0.481 e. The first-order valence-corrected chi connectivity index (χ1v) is 8.44. The average Bonchev–Trinajstić information content (AvgIpc) is 2.93. The molecule has 0 spiro atoms. The second-order valence-corrected chi connectivity index (χ2v) is 6.19. The second-order valence-electron chi connectivity index (χ2n) is 6.19. The summed E-state index contributed by atoms with van der Waals surface area (Å²) in [6.45, 7) is -3.43. The second kappa shape index (κ2) is 12.2. The number of aliphatic carboxylic acids is 1. The molecule has 1 aliphatic carbocycles. The van der Waals surface area contributed by atoms with Gasteiger partial charge in [0.2, 0.25) is 0 Å². The van der Waals surface area contributed by atoms with Gasteiger partial charge in [0, 0.05) is 31.1 Å². The molecule has 1 fully saturated rings. The molecule has 1 rings (SSSR count). The van der Waals surface area contributed by atoms with E-state index < -0.39 is 68.5 Å². The molecule has 0 aromatic carbocycles. The highest BCUT2D eigenvalue weighted by molar-refractivity contribution is 5.66. The number of allylic oxidation sites excluding steroid dienone is 2. The molecule has 0 bridgehead atoms. The van der Waals surface area contributed by atoms with Crippen molar-refractivity contribution in [3.63, 3.8) is 0 Å². The number of carboxylic acids is 1. The van der Waals surface area contributed by atoms with E-state index in [2.05, 4.69) is 0 Å². The first kappa shape index (κ1) is 11.5. The molecule has 1 aliphatic rings. The molecular formula is C20H34O5. The molecule has 25 heavy (non-hydrogen) atoms. The fraction of sp³-hybridized carbons (Fsp3) is 0.750. The Balaban J connectivity index is 2.84. The highest BCUT2D eigenvalue weighted by Crippen LogP contribution is 2.36. The Labute approximate surface area is 163 Å². The van der Waals surface area contributed by atoms with E-state index in [1.165, 1.54) is 6.08 Å². The van der Waals surface area contributed by atoms with Gasteiger partial charge >= 0.3 is 5.97 Å². The van der Waals surface area contributed by atoms with E-state index >= 15 is 0 Å². The van der Waals surface area contributed by atoms with Crippen LogP contribution < -0.4 is 0 Å². The number of carboxylic acid groups (broad SMARTS) is 1. The topological polar surface area (TPSA) is 98.0 Å². The summed E-state index contributed by atoms with van der Waals surface area (Å²) >= 11 is 0. The fourth-order valence-corrected chi connectivity index (χ4v) is 2.97. The van der Waals surface area contributed by atoms with Gasteiger partial charge in [-0.1, -0.05) is 50.3 Å². The standard InChI is InChI=1S/C20H34O5/c1-2-3-6-9-15(21)12-13-17-16(18(22)14-19(17)23)10-7-4-5-8-11-20(24)25/h4,7,12-13,15-19,21-23H,2-3,5-6,8-11,14H2,1H3,(H,24,25)/b7-4-,13-12+/t15-,16-,17+,18-,19+/m1/s1/i1D3,2D2,3D2,6D2. The summed E-state index contributed by atoms with van der Waals surface area (Å²) in [6, 6.07) is 0. The Hall–Kier alpha value is -1.17. The predicted molar refractivity (Wildman–Crippen MR) is 98.1 cm³/mol. The van der Waals surface area contributed by atoms with Crippen molar-refractivity contribution in [3.8, 4) is 0 Å². The van der Waals surface area contributed by atoms with E-state index in [0.717, 1.165) is 6.08 Å². The number of rotatable bonds is 12. The highest BCUT2D eigenvalue weighted by Gasteiger charge is 2.39. The van der Waals surface area contributed by atoms with Crippen LogP contribution in [0.1, 0.15) is 76.8 Å². The quantitative estimate of drug-likeness (QED) is 0.316. The lowest BCUT2D eigenvalue weighted by molar-refractivity contribution is -0.137. The molecule has 144 valence electrons. The van der Waals surface area contributed by atoms with Crippen LogP contribution in [0.2, 0.25) is 0 Å². The maximum atomic E-state index is 10.5. The number of hydrogen-bond donors (Lipinski definition) is 4. The van der Waals surface area contributed by atoms with E-state index in [1.807, 2.05) is 0 Å². The third-order valence-electron chi connectivity index (χ3n) is 4.27. The zero-order chi connectivity index (χ0) is 26.5. The zero-order valence-corrected chi connectivity index (χ0v) is 14.1. The van der Waals surface area contributed by atoms with Crippen molar-refractivity contribution in [2.75, 3.05) is 0 Å². The van der Waals surface area contributed by atoms with Crippen LogP contribution in [0.3, 0.4) is 0 Å². The number of aliphatic hydroxyl groups is 3. The van der Waals surface area contributed by atoms with Gasteiger partial charge in [0.15, 0.2) is 0 Å². The lowest BCUT2D eigenvalue weighted by Gasteiger charge is -2.19. The summed E-state index contributed by atoms with van der Waals surface area (Å²) in [4.78, 5) is 10.5. The summed E-state index contributed by atoms with van der Waals surface area (Å²) in [7, 11) is 0. The summed E-state index contributed by atoms with van der Waals surface area (Å²) in [5.41, 5.74) is 0. The lowest BCUT2D eigenvalue weighted by atomic mass is 9.89. The zero-order valence-electron chi connectivity index (χ0n) is 23.1. The minimum atomic E-state index is -3.51. The van der Waals surface area contributed by atoms with Crippen molar-refractivity contribution in [1.29, 1.82) is 0 Å². The van der Waals surface area contributed by atoms with Gasteiger partial charge in [-0.15, -0.1) is 0 Å². The van der Waals surface area contributed by atoms with Crippen molar-refractivity contribution in [3.05, 3.63) is 24.3 Å². The number of unbranched alkanes of at least 4 members (excludes halogenated alkanes) is 1. The molecule has 0 aliphatic heterocycles. The lowest BCUT2D eigenvalue weighted by Crippen LogP contribution is -2.20. The van der Waals surface area contributed by atoms with Gasteiger partial charge in [-0.25, -0.2) is 0 Å². The van der Waals surface area contributed by atoms with Gasteiger partial charge < -0.3 is 20.4 Å². The van der Waals surface area contributed by atoms with Crippen LogP contribution in [0, 0.1) is 11.8 Å². The van der Waals surface area contributed by atoms with Gasteiger partial charge in [0.25, 0.3) is 0 Å². The molecule has 0 heterocycles. The Morgan fingerprint density at radius 1 is 1.32 bits per heavy atom. The summed E-state index contributed by atoms with van der Waals surface area (Å²) in [6.07, 6.45) is -6.70. The molecule has 5 nitrogen and oxygen atoms in total. The Morgan fingerprint density at radius 2 is 2.12 bits per heavy atom.